The van der Waals surface area contributed by atoms with Crippen LogP contribution in [0.2, 0.25) is 0 Å². The lowest BCUT2D eigenvalue weighted by atomic mass is 10.1. The summed E-state index contributed by atoms with van der Waals surface area (Å²) in [4.78, 5) is 8.86. The number of thioether (sulfide) groups is 1. The van der Waals surface area contributed by atoms with E-state index in [9.17, 15) is 0 Å². The Kier molecular flexibility index (Phi) is 2.51. The molecule has 0 bridgehead atoms. The van der Waals surface area contributed by atoms with Crippen LogP contribution in [0.15, 0.2) is 5.03 Å². The van der Waals surface area contributed by atoms with Crippen LogP contribution < -0.4 is 5.32 Å². The van der Waals surface area contributed by atoms with E-state index in [-0.39, 0.29) is 0 Å². The first-order chi connectivity index (χ1) is 6.31. The van der Waals surface area contributed by atoms with Gasteiger partial charge in [0, 0.05) is 12.1 Å². The molecule has 0 spiro atoms. The van der Waals surface area contributed by atoms with Gasteiger partial charge in [-0.05, 0) is 26.1 Å². The van der Waals surface area contributed by atoms with Gasteiger partial charge in [0.15, 0.2) is 0 Å². The van der Waals surface area contributed by atoms with Gasteiger partial charge in [0.2, 0.25) is 0 Å². The number of hydrogen-bond donors (Lipinski definition) is 1. The molecular formula is C9H13N3S. The standard InChI is InChI=1S/C9H13N3S/c1-6-11-8-5-10-4-3-7(8)9(12-6)13-2/h10H,3-5H2,1-2H3. The second-order valence-corrected chi connectivity index (χ2v) is 3.93. The Hall–Kier alpha value is -0.610. The quantitative estimate of drug-likeness (QED) is 0.539. The summed E-state index contributed by atoms with van der Waals surface area (Å²) in [5.41, 5.74) is 2.53. The zero-order chi connectivity index (χ0) is 9.26. The normalized spacial score (nSPS) is 15.5. The highest BCUT2D eigenvalue weighted by Crippen LogP contribution is 2.22. The number of aryl methyl sites for hydroxylation is 1. The molecule has 70 valence electrons. The first-order valence-corrected chi connectivity index (χ1v) is 5.65. The molecule has 0 saturated carbocycles. The molecule has 0 radical (unpaired) electrons. The van der Waals surface area contributed by atoms with Crippen molar-refractivity contribution in [2.75, 3.05) is 12.8 Å². The molecule has 1 N–H and O–H groups in total. The zero-order valence-corrected chi connectivity index (χ0v) is 8.74. The Morgan fingerprint density at radius 3 is 3.00 bits per heavy atom. The lowest BCUT2D eigenvalue weighted by Crippen LogP contribution is -2.26. The van der Waals surface area contributed by atoms with Crippen LogP contribution in [0.5, 0.6) is 0 Å². The number of fused-ring (bicyclic) bond motifs is 1. The predicted molar refractivity (Wildman–Crippen MR) is 54.0 cm³/mol. The van der Waals surface area contributed by atoms with Crippen molar-refractivity contribution in [3.63, 3.8) is 0 Å². The van der Waals surface area contributed by atoms with Gasteiger partial charge < -0.3 is 5.32 Å². The van der Waals surface area contributed by atoms with Gasteiger partial charge in [-0.3, -0.25) is 0 Å². The largest absolute Gasteiger partial charge is 0.311 e. The van der Waals surface area contributed by atoms with Crippen LogP contribution in [0.4, 0.5) is 0 Å². The minimum absolute atomic E-state index is 0.881. The Morgan fingerprint density at radius 1 is 1.38 bits per heavy atom. The summed E-state index contributed by atoms with van der Waals surface area (Å²) in [7, 11) is 0. The molecule has 0 unspecified atom stereocenters. The van der Waals surface area contributed by atoms with E-state index in [1.54, 1.807) is 11.8 Å². The number of nitrogens with one attached hydrogen (secondary N) is 1. The van der Waals surface area contributed by atoms with E-state index in [1.165, 1.54) is 11.3 Å². The molecule has 0 atom stereocenters. The van der Waals surface area contributed by atoms with E-state index < -0.39 is 0 Å². The Bertz CT molecular complexity index is 308. The summed E-state index contributed by atoms with van der Waals surface area (Å²) in [6, 6.07) is 0. The minimum atomic E-state index is 0.881. The first kappa shape index (κ1) is 8.97. The number of rotatable bonds is 1. The molecule has 0 aromatic carbocycles. The molecule has 4 heteroatoms. The van der Waals surface area contributed by atoms with Gasteiger partial charge in [0.25, 0.3) is 0 Å². The maximum atomic E-state index is 4.44. The van der Waals surface area contributed by atoms with Crippen LogP contribution in [0.3, 0.4) is 0 Å². The van der Waals surface area contributed by atoms with Gasteiger partial charge in [-0.25, -0.2) is 9.97 Å². The van der Waals surface area contributed by atoms with Crippen LogP contribution >= 0.6 is 11.8 Å². The fraction of sp³-hybridized carbons (Fsp3) is 0.556. The van der Waals surface area contributed by atoms with E-state index in [2.05, 4.69) is 21.5 Å². The van der Waals surface area contributed by atoms with Crippen LogP contribution in [-0.4, -0.2) is 22.8 Å². The second-order valence-electron chi connectivity index (χ2n) is 3.13. The topological polar surface area (TPSA) is 37.8 Å². The molecule has 0 aliphatic carbocycles. The van der Waals surface area contributed by atoms with Gasteiger partial charge in [-0.2, -0.15) is 0 Å². The summed E-state index contributed by atoms with van der Waals surface area (Å²) in [6.45, 7) is 3.90. The zero-order valence-electron chi connectivity index (χ0n) is 7.92. The third-order valence-corrected chi connectivity index (χ3v) is 2.93. The van der Waals surface area contributed by atoms with Gasteiger partial charge in [0.05, 0.1) is 5.69 Å². The summed E-state index contributed by atoms with van der Waals surface area (Å²) in [6.07, 6.45) is 3.13. The Balaban J connectivity index is 2.50. The minimum Gasteiger partial charge on any atom is -0.311 e. The predicted octanol–water partition coefficient (Wildman–Crippen LogP) is 1.15. The molecule has 0 saturated heterocycles. The van der Waals surface area contributed by atoms with E-state index in [1.807, 2.05) is 6.92 Å². The molecule has 2 rings (SSSR count). The van der Waals surface area contributed by atoms with Crippen molar-refractivity contribution in [3.8, 4) is 0 Å². The summed E-state index contributed by atoms with van der Waals surface area (Å²) in [5, 5.41) is 4.48. The molecule has 3 nitrogen and oxygen atoms in total. The average Bonchev–Trinajstić information content (AvgIpc) is 2.16. The lowest BCUT2D eigenvalue weighted by molar-refractivity contribution is 0.606. The molecule has 0 fully saturated rings. The van der Waals surface area contributed by atoms with Crippen molar-refractivity contribution >= 4 is 11.8 Å². The molecular weight excluding hydrogens is 182 g/mol. The van der Waals surface area contributed by atoms with E-state index in [4.69, 9.17) is 0 Å². The molecule has 0 amide bonds. The molecule has 2 heterocycles. The smallest absolute Gasteiger partial charge is 0.126 e. The molecule has 13 heavy (non-hydrogen) atoms. The van der Waals surface area contributed by atoms with Gasteiger partial charge in [0.1, 0.15) is 10.9 Å². The fourth-order valence-corrected chi connectivity index (χ4v) is 2.30. The highest BCUT2D eigenvalue weighted by molar-refractivity contribution is 7.98. The Morgan fingerprint density at radius 2 is 2.23 bits per heavy atom. The molecule has 1 aliphatic rings. The molecule has 1 aliphatic heterocycles. The number of nitrogens with zero attached hydrogens (tertiary/aromatic N) is 2. The maximum Gasteiger partial charge on any atom is 0.126 e. The summed E-state index contributed by atoms with van der Waals surface area (Å²) in [5.74, 6) is 0.881. The maximum absolute atomic E-state index is 4.44. The highest BCUT2D eigenvalue weighted by atomic mass is 32.2. The highest BCUT2D eigenvalue weighted by Gasteiger charge is 2.15. The van der Waals surface area contributed by atoms with Crippen molar-refractivity contribution in [1.29, 1.82) is 0 Å². The third kappa shape index (κ3) is 1.69. The van der Waals surface area contributed by atoms with E-state index in [0.717, 1.165) is 30.4 Å². The third-order valence-electron chi connectivity index (χ3n) is 2.20. The van der Waals surface area contributed by atoms with Gasteiger partial charge >= 0.3 is 0 Å². The summed E-state index contributed by atoms with van der Waals surface area (Å²) < 4.78 is 0. The SMILES string of the molecule is CSc1nc(C)nc2c1CCNC2. The van der Waals surface area contributed by atoms with E-state index >= 15 is 0 Å². The van der Waals surface area contributed by atoms with Crippen LogP contribution in [0.25, 0.3) is 0 Å². The van der Waals surface area contributed by atoms with Crippen LogP contribution in [0, 0.1) is 6.92 Å². The van der Waals surface area contributed by atoms with Crippen molar-refractivity contribution in [2.24, 2.45) is 0 Å². The van der Waals surface area contributed by atoms with Gasteiger partial charge in [-0.15, -0.1) is 11.8 Å². The Labute approximate surface area is 82.4 Å². The van der Waals surface area contributed by atoms with Crippen LogP contribution in [-0.2, 0) is 13.0 Å². The van der Waals surface area contributed by atoms with Crippen molar-refractivity contribution in [2.45, 2.75) is 24.9 Å². The first-order valence-electron chi connectivity index (χ1n) is 4.42. The monoisotopic (exact) mass is 195 g/mol. The number of aromatic nitrogens is 2. The molecule has 1 aromatic rings. The number of hydrogen-bond acceptors (Lipinski definition) is 4. The average molecular weight is 195 g/mol. The second kappa shape index (κ2) is 3.64. The molecule has 1 aromatic heterocycles. The van der Waals surface area contributed by atoms with Crippen molar-refractivity contribution < 1.29 is 0 Å². The van der Waals surface area contributed by atoms with Crippen molar-refractivity contribution in [3.05, 3.63) is 17.1 Å². The fourth-order valence-electron chi connectivity index (χ4n) is 1.61. The van der Waals surface area contributed by atoms with Crippen molar-refractivity contribution in [1.82, 2.24) is 15.3 Å². The van der Waals surface area contributed by atoms with E-state index in [0.29, 0.717) is 0 Å². The summed E-state index contributed by atoms with van der Waals surface area (Å²) >= 11 is 1.72. The van der Waals surface area contributed by atoms with Gasteiger partial charge in [-0.1, -0.05) is 0 Å². The van der Waals surface area contributed by atoms with Crippen LogP contribution in [0.1, 0.15) is 17.1 Å². The lowest BCUT2D eigenvalue weighted by Gasteiger charge is -2.18.